The molecule has 0 bridgehead atoms. The Labute approximate surface area is 300 Å². The molecule has 2 aromatic rings. The summed E-state index contributed by atoms with van der Waals surface area (Å²) in [7, 11) is 0. The fourth-order valence-corrected chi connectivity index (χ4v) is 3.75. The summed E-state index contributed by atoms with van der Waals surface area (Å²) in [5.41, 5.74) is 13.5. The van der Waals surface area contributed by atoms with Gasteiger partial charge in [-0.3, -0.25) is 0 Å². The van der Waals surface area contributed by atoms with Crippen molar-refractivity contribution in [2.45, 2.75) is 96.8 Å². The number of unbranched alkanes of at least 4 members (excludes halogenated alkanes) is 4. The number of carboxylic acid groups (broad SMARTS) is 3. The minimum absolute atomic E-state index is 0.696. The van der Waals surface area contributed by atoms with Crippen molar-refractivity contribution >= 4 is 35.2 Å². The molecule has 0 aliphatic rings. The van der Waals surface area contributed by atoms with Crippen LogP contribution in [-0.4, -0.2) is 67.2 Å². The number of alkyl halides is 9. The monoisotopic (exact) mass is 781 g/mol. The average Bonchev–Trinajstić information content (AvgIpc) is 3.45. The Morgan fingerprint density at radius 2 is 1.11 bits per heavy atom. The van der Waals surface area contributed by atoms with Crippen molar-refractivity contribution in [3.8, 4) is 0 Å². The van der Waals surface area contributed by atoms with E-state index in [2.05, 4.69) is 62.6 Å². The van der Waals surface area contributed by atoms with Crippen LogP contribution in [0.3, 0.4) is 0 Å². The molecule has 0 radical (unpaired) electrons. The van der Waals surface area contributed by atoms with Gasteiger partial charge in [0.25, 0.3) is 0 Å². The quantitative estimate of drug-likeness (QED) is 0.105. The number of aliphatic carboxylic acids is 3. The molecule has 0 aliphatic heterocycles. The van der Waals surface area contributed by atoms with E-state index in [-0.39, 0.29) is 0 Å². The van der Waals surface area contributed by atoms with Crippen molar-refractivity contribution in [1.82, 2.24) is 4.57 Å². The van der Waals surface area contributed by atoms with E-state index < -0.39 is 36.4 Å². The molecule has 4 N–H and O–H groups in total. The van der Waals surface area contributed by atoms with Crippen LogP contribution in [0.2, 0.25) is 0 Å². The van der Waals surface area contributed by atoms with Gasteiger partial charge in [0.15, 0.2) is 0 Å². The molecule has 0 saturated carbocycles. The van der Waals surface area contributed by atoms with E-state index in [0.717, 1.165) is 50.7 Å². The molecule has 13 nitrogen and oxygen atoms in total. The maximum absolute atomic E-state index is 10.5. The summed E-state index contributed by atoms with van der Waals surface area (Å²) < 4.78 is 99.1. The second kappa shape index (κ2) is 26.3. The van der Waals surface area contributed by atoms with Crippen LogP contribution in [0.5, 0.6) is 0 Å². The van der Waals surface area contributed by atoms with E-state index >= 15 is 0 Å². The Morgan fingerprint density at radius 1 is 0.698 bits per heavy atom. The van der Waals surface area contributed by atoms with Crippen molar-refractivity contribution in [2.24, 2.45) is 21.7 Å². The largest absolute Gasteiger partial charge is 0.542 e. The van der Waals surface area contributed by atoms with Gasteiger partial charge >= 0.3 is 24.5 Å². The fourth-order valence-electron chi connectivity index (χ4n) is 3.75. The van der Waals surface area contributed by atoms with E-state index in [9.17, 15) is 39.5 Å². The van der Waals surface area contributed by atoms with Crippen LogP contribution < -0.4 is 36.3 Å². The van der Waals surface area contributed by atoms with Gasteiger partial charge in [0.1, 0.15) is 23.6 Å². The van der Waals surface area contributed by atoms with Crippen LogP contribution in [0, 0.1) is 0 Å². The third-order valence-corrected chi connectivity index (χ3v) is 6.37. The fraction of sp³-hybridized carbons (Fsp3) is 0.613. The first-order chi connectivity index (χ1) is 24.6. The third-order valence-electron chi connectivity index (χ3n) is 6.37. The number of nitrogens with zero attached hydrogens (tertiary/aromatic N) is 5. The molecule has 1 aromatic carbocycles. The Morgan fingerprint density at radius 3 is 1.49 bits per heavy atom. The first-order valence-electron chi connectivity index (χ1n) is 16.2. The number of hydrogen-bond acceptors (Lipinski definition) is 11. The number of imidazole rings is 1. The molecule has 0 spiro atoms. The minimum atomic E-state index is -5.19. The molecule has 0 aliphatic carbocycles. The summed E-state index contributed by atoms with van der Waals surface area (Å²) in [6, 6.07) is 8.33. The summed E-state index contributed by atoms with van der Waals surface area (Å²) >= 11 is 0. The van der Waals surface area contributed by atoms with Gasteiger partial charge in [-0.25, -0.2) is 9.13 Å². The van der Waals surface area contributed by atoms with E-state index in [0.29, 0.717) is 13.1 Å². The lowest BCUT2D eigenvalue weighted by molar-refractivity contribution is -0.684. The van der Waals surface area contributed by atoms with E-state index in [1.54, 1.807) is 0 Å². The molecule has 304 valence electrons. The number of halogens is 9. The predicted octanol–water partition coefficient (Wildman–Crippen LogP) is 2.97. The van der Waals surface area contributed by atoms with E-state index in [1.807, 2.05) is 12.1 Å². The van der Waals surface area contributed by atoms with Crippen LogP contribution in [0.25, 0.3) is 0 Å². The Hall–Kier alpha value is -4.47. The van der Waals surface area contributed by atoms with Gasteiger partial charge in [-0.2, -0.15) is 39.5 Å². The summed E-state index contributed by atoms with van der Waals surface area (Å²) in [5, 5.41) is 35.6. The first-order valence-corrected chi connectivity index (χ1v) is 16.2. The number of aromatic nitrogens is 2. The van der Waals surface area contributed by atoms with Gasteiger partial charge in [0, 0.05) is 23.9 Å². The summed E-state index contributed by atoms with van der Waals surface area (Å²) in [6.45, 7) is 9.72. The van der Waals surface area contributed by atoms with E-state index in [1.165, 1.54) is 44.2 Å². The van der Waals surface area contributed by atoms with Crippen molar-refractivity contribution in [2.75, 3.05) is 31.1 Å². The minimum Gasteiger partial charge on any atom is -0.542 e. The van der Waals surface area contributed by atoms with Crippen molar-refractivity contribution in [3.05, 3.63) is 36.7 Å². The zero-order chi connectivity index (χ0) is 41.3. The molecular formula is C31H44F9N7O6-2. The van der Waals surface area contributed by atoms with Gasteiger partial charge in [-0.05, 0) is 63.0 Å². The lowest BCUT2D eigenvalue weighted by atomic mass is 10.2. The lowest BCUT2D eigenvalue weighted by Crippen LogP contribution is -2.37. The Bertz CT molecular complexity index is 1260. The summed E-state index contributed by atoms with van der Waals surface area (Å²) in [6.07, 6.45) is -2.12. The first kappa shape index (κ1) is 50.6. The molecule has 2 rings (SSSR count). The summed E-state index contributed by atoms with van der Waals surface area (Å²) in [5.74, 6) is -8.08. The molecule has 0 unspecified atom stereocenters. The third kappa shape index (κ3) is 24.4. The van der Waals surface area contributed by atoms with Crippen molar-refractivity contribution in [1.29, 1.82) is 0 Å². The van der Waals surface area contributed by atoms with Crippen molar-refractivity contribution < 1.29 is 73.8 Å². The van der Waals surface area contributed by atoms with Crippen LogP contribution in [0.4, 0.5) is 56.8 Å². The second-order valence-corrected chi connectivity index (χ2v) is 10.7. The molecule has 22 heteroatoms. The Kier molecular flexibility index (Phi) is 25.1. The van der Waals surface area contributed by atoms with Gasteiger partial charge in [-0.15, -0.1) is 0 Å². The number of carbonyl (C=O) groups excluding carboxylic acids is 3. The maximum atomic E-state index is 10.5. The van der Waals surface area contributed by atoms with Crippen LogP contribution in [0.15, 0.2) is 46.9 Å². The number of benzene rings is 1. The summed E-state index contributed by atoms with van der Waals surface area (Å²) in [4.78, 5) is 28.7. The highest BCUT2D eigenvalue weighted by Crippen LogP contribution is 2.22. The maximum Gasteiger partial charge on any atom is 0.430 e. The van der Waals surface area contributed by atoms with Gasteiger partial charge in [0.2, 0.25) is 0 Å². The zero-order valence-corrected chi connectivity index (χ0v) is 29.1. The highest BCUT2D eigenvalue weighted by Gasteiger charge is 2.30. The number of carbonyl (C=O) groups is 3. The second-order valence-electron chi connectivity index (χ2n) is 10.7. The normalized spacial score (nSPS) is 11.4. The topological polar surface area (TPSA) is 209 Å². The molecule has 53 heavy (non-hydrogen) atoms. The predicted molar refractivity (Wildman–Crippen MR) is 167 cm³/mol. The van der Waals surface area contributed by atoms with Crippen LogP contribution >= 0.6 is 0 Å². The number of carboxylic acids is 3. The van der Waals surface area contributed by atoms with Gasteiger partial charge in [-0.1, -0.05) is 44.6 Å². The molecular weight excluding hydrogens is 737 g/mol. The molecule has 0 saturated heterocycles. The van der Waals surface area contributed by atoms with Gasteiger partial charge < -0.3 is 46.1 Å². The number of nitrogens with two attached hydrogens (primary N) is 2. The molecule has 1 aromatic heterocycles. The number of anilines is 1. The number of aryl methyl sites for hydroxylation is 2. The SMILES string of the molecule is CCCCCn1cc[n+](CCCCC)c1N=Nc1ccc(N(CCCN)CCCN)cc1.O=C([O-])C(F)(F)F.O=C([O-])C(F)(F)F.O=C([O-])C(F)(F)F. The standard InChI is InChI=1S/C25H44N7.3C2HF3O2/c1-3-5-7-17-31-21-22-32(18-8-6-4-2)25(31)29-28-23-11-13-24(14-12-23)30(19-9-15-26)20-10-16-27;3*3-2(4,5)1(6)7/h11-14,21-22H,3-10,15-20,26-27H2,1-2H3;3*(H,6,7)/q+1;;;/p-3. The van der Waals surface area contributed by atoms with Crippen LogP contribution in [-0.2, 0) is 27.5 Å². The highest BCUT2D eigenvalue weighted by atomic mass is 19.4. The molecule has 0 amide bonds. The van der Waals surface area contributed by atoms with E-state index in [4.69, 9.17) is 41.2 Å². The molecule has 0 atom stereocenters. The van der Waals surface area contributed by atoms with Gasteiger partial charge in [0.05, 0.1) is 25.5 Å². The number of azo groups is 1. The van der Waals surface area contributed by atoms with Crippen molar-refractivity contribution in [3.63, 3.8) is 0 Å². The highest BCUT2D eigenvalue weighted by molar-refractivity contribution is 5.71. The van der Waals surface area contributed by atoms with Crippen LogP contribution in [0.1, 0.15) is 65.2 Å². The zero-order valence-electron chi connectivity index (χ0n) is 29.1. The molecule has 1 heterocycles. The Balaban J connectivity index is 0. The smallest absolute Gasteiger partial charge is 0.430 e. The number of hydrogen-bond donors (Lipinski definition) is 2. The number of rotatable bonds is 17. The lowest BCUT2D eigenvalue weighted by Gasteiger charge is -2.24. The molecule has 0 fully saturated rings. The average molecular weight is 782 g/mol.